The summed E-state index contributed by atoms with van der Waals surface area (Å²) in [6.45, 7) is 0. The third kappa shape index (κ3) is 7.47. The Morgan fingerprint density at radius 3 is 2.06 bits per heavy atom. The Balaban J connectivity index is 1.28. The van der Waals surface area contributed by atoms with Crippen LogP contribution in [-0.2, 0) is 11.2 Å². The summed E-state index contributed by atoms with van der Waals surface area (Å²) in [5.74, 6) is 0.188. The molecule has 0 heterocycles. The van der Waals surface area contributed by atoms with Gasteiger partial charge >= 0.3 is 5.97 Å². The molecular formula is C31H25NO3. The molecule has 4 aromatic carbocycles. The van der Waals surface area contributed by atoms with Crippen molar-refractivity contribution in [1.82, 2.24) is 0 Å². The normalized spacial score (nSPS) is 11.1. The van der Waals surface area contributed by atoms with Crippen molar-refractivity contribution in [1.29, 1.82) is 0 Å². The fraction of sp³-hybridized carbons (Fsp3) is 0.0645. The van der Waals surface area contributed by atoms with Gasteiger partial charge in [0.25, 0.3) is 0 Å². The Morgan fingerprint density at radius 2 is 1.37 bits per heavy atom. The number of ether oxygens (including phenoxy) is 1. The maximum atomic E-state index is 12.4. The summed E-state index contributed by atoms with van der Waals surface area (Å²) in [6, 6.07) is 33.9. The molecule has 4 nitrogen and oxygen atoms in total. The minimum Gasteiger partial charge on any atom is -0.427 e. The van der Waals surface area contributed by atoms with Gasteiger partial charge in [-0.05, 0) is 77.7 Å². The van der Waals surface area contributed by atoms with E-state index in [1.165, 1.54) is 0 Å². The highest BCUT2D eigenvalue weighted by Gasteiger charge is 2.06. The number of rotatable bonds is 9. The molecule has 0 bridgehead atoms. The Bertz CT molecular complexity index is 1310. The lowest BCUT2D eigenvalue weighted by Gasteiger charge is -2.05. The van der Waals surface area contributed by atoms with Crippen LogP contribution in [0.15, 0.2) is 120 Å². The van der Waals surface area contributed by atoms with Gasteiger partial charge in [-0.3, -0.25) is 14.6 Å². The first kappa shape index (κ1) is 23.6. The third-order valence-corrected chi connectivity index (χ3v) is 5.31. The second-order valence-corrected chi connectivity index (χ2v) is 7.94. The highest BCUT2D eigenvalue weighted by molar-refractivity contribution is 6.07. The van der Waals surface area contributed by atoms with Crippen LogP contribution in [0.2, 0.25) is 0 Å². The zero-order chi connectivity index (χ0) is 24.3. The van der Waals surface area contributed by atoms with E-state index in [2.05, 4.69) is 4.99 Å². The van der Waals surface area contributed by atoms with E-state index in [0.717, 1.165) is 22.4 Å². The minimum absolute atomic E-state index is 0.0571. The molecule has 0 fully saturated rings. The van der Waals surface area contributed by atoms with Gasteiger partial charge in [-0.25, -0.2) is 0 Å². The Morgan fingerprint density at radius 1 is 0.714 bits per heavy atom. The van der Waals surface area contributed by atoms with Gasteiger partial charge in [-0.15, -0.1) is 0 Å². The van der Waals surface area contributed by atoms with Crippen LogP contribution < -0.4 is 4.74 Å². The number of allylic oxidation sites excluding steroid dienone is 1. The molecule has 0 aromatic heterocycles. The molecule has 0 atom stereocenters. The van der Waals surface area contributed by atoms with Gasteiger partial charge in [0.15, 0.2) is 5.78 Å². The van der Waals surface area contributed by atoms with Crippen molar-refractivity contribution in [2.75, 3.05) is 0 Å². The number of carbonyl (C=O) groups excluding carboxylic acids is 2. The molecule has 0 saturated carbocycles. The van der Waals surface area contributed by atoms with Crippen molar-refractivity contribution in [2.45, 2.75) is 12.8 Å². The molecule has 0 N–H and O–H groups in total. The lowest BCUT2D eigenvalue weighted by atomic mass is 10.1. The van der Waals surface area contributed by atoms with Crippen LogP contribution in [0.25, 0.3) is 6.08 Å². The van der Waals surface area contributed by atoms with Gasteiger partial charge in [0.05, 0.1) is 5.69 Å². The average Bonchev–Trinajstić information content (AvgIpc) is 2.91. The summed E-state index contributed by atoms with van der Waals surface area (Å²) in [4.78, 5) is 28.9. The SMILES string of the molecule is O=C(CCc1ccccc1)Oc1ccc(C=Nc2ccc(C(=O)/C=C/c3ccccc3)cc2)cc1. The van der Waals surface area contributed by atoms with Gasteiger partial charge in [-0.2, -0.15) is 0 Å². The van der Waals surface area contributed by atoms with Crippen molar-refractivity contribution in [2.24, 2.45) is 4.99 Å². The fourth-order valence-corrected chi connectivity index (χ4v) is 3.39. The van der Waals surface area contributed by atoms with E-state index in [9.17, 15) is 9.59 Å². The monoisotopic (exact) mass is 459 g/mol. The second-order valence-electron chi connectivity index (χ2n) is 7.94. The van der Waals surface area contributed by atoms with Crippen LogP contribution >= 0.6 is 0 Å². The summed E-state index contributed by atoms with van der Waals surface area (Å²) in [5.41, 5.74) is 4.31. The summed E-state index contributed by atoms with van der Waals surface area (Å²) in [6.07, 6.45) is 6.08. The van der Waals surface area contributed by atoms with Crippen LogP contribution in [0.5, 0.6) is 5.75 Å². The van der Waals surface area contributed by atoms with Crippen molar-refractivity contribution in [3.8, 4) is 5.75 Å². The molecule has 0 spiro atoms. The van der Waals surface area contributed by atoms with Crippen LogP contribution in [0, 0.1) is 0 Å². The maximum absolute atomic E-state index is 12.4. The first-order chi connectivity index (χ1) is 17.2. The molecule has 0 saturated heterocycles. The van der Waals surface area contributed by atoms with Crippen molar-refractivity contribution < 1.29 is 14.3 Å². The quantitative estimate of drug-likeness (QED) is 0.0902. The summed E-state index contributed by atoms with van der Waals surface area (Å²) in [7, 11) is 0. The van der Waals surface area contributed by atoms with E-state index < -0.39 is 0 Å². The summed E-state index contributed by atoms with van der Waals surface area (Å²) >= 11 is 0. The number of aliphatic imine (C=N–C) groups is 1. The minimum atomic E-state index is -0.261. The van der Waals surface area contributed by atoms with Gasteiger partial charge in [0.2, 0.25) is 0 Å². The van der Waals surface area contributed by atoms with E-state index >= 15 is 0 Å². The first-order valence-corrected chi connectivity index (χ1v) is 11.4. The molecule has 0 aliphatic rings. The Labute approximate surface area is 205 Å². The molecule has 35 heavy (non-hydrogen) atoms. The standard InChI is InChI=1S/C31H25NO3/c33-30(21-13-24-7-3-1-4-8-24)27-15-17-28(18-16-27)32-23-26-11-19-29(20-12-26)35-31(34)22-14-25-9-5-2-6-10-25/h1-13,15-21,23H,14,22H2/b21-13+,32-23?. The number of carbonyl (C=O) groups is 2. The molecule has 0 unspecified atom stereocenters. The van der Waals surface area contributed by atoms with Crippen LogP contribution in [0.3, 0.4) is 0 Å². The summed E-state index contributed by atoms with van der Waals surface area (Å²) < 4.78 is 5.42. The van der Waals surface area contributed by atoms with E-state index in [1.807, 2.05) is 84.9 Å². The largest absolute Gasteiger partial charge is 0.427 e. The third-order valence-electron chi connectivity index (χ3n) is 5.31. The number of hydrogen-bond donors (Lipinski definition) is 0. The highest BCUT2D eigenvalue weighted by Crippen LogP contribution is 2.16. The maximum Gasteiger partial charge on any atom is 0.311 e. The van der Waals surface area contributed by atoms with Crippen LogP contribution in [-0.4, -0.2) is 18.0 Å². The first-order valence-electron chi connectivity index (χ1n) is 11.4. The molecule has 0 amide bonds. The van der Waals surface area contributed by atoms with E-state index in [-0.39, 0.29) is 11.8 Å². The smallest absolute Gasteiger partial charge is 0.311 e. The number of ketones is 1. The molecule has 4 aromatic rings. The van der Waals surface area contributed by atoms with Crippen LogP contribution in [0.1, 0.15) is 33.5 Å². The van der Waals surface area contributed by atoms with Gasteiger partial charge < -0.3 is 4.74 Å². The van der Waals surface area contributed by atoms with E-state index in [1.54, 1.807) is 42.6 Å². The molecule has 0 aliphatic carbocycles. The zero-order valence-electron chi connectivity index (χ0n) is 19.2. The fourth-order valence-electron chi connectivity index (χ4n) is 3.39. The van der Waals surface area contributed by atoms with E-state index in [0.29, 0.717) is 24.2 Å². The predicted octanol–water partition coefficient (Wildman–Crippen LogP) is 6.87. The van der Waals surface area contributed by atoms with Crippen molar-refractivity contribution in [3.63, 3.8) is 0 Å². The van der Waals surface area contributed by atoms with Crippen molar-refractivity contribution in [3.05, 3.63) is 138 Å². The molecule has 0 aliphatic heterocycles. The molecule has 172 valence electrons. The summed E-state index contributed by atoms with van der Waals surface area (Å²) in [5, 5.41) is 0. The number of aryl methyl sites for hydroxylation is 1. The van der Waals surface area contributed by atoms with Gasteiger partial charge in [0.1, 0.15) is 5.75 Å². The zero-order valence-corrected chi connectivity index (χ0v) is 19.2. The number of hydrogen-bond acceptors (Lipinski definition) is 4. The lowest BCUT2D eigenvalue weighted by Crippen LogP contribution is -2.09. The lowest BCUT2D eigenvalue weighted by molar-refractivity contribution is -0.134. The van der Waals surface area contributed by atoms with Crippen LogP contribution in [0.4, 0.5) is 5.69 Å². The highest BCUT2D eigenvalue weighted by atomic mass is 16.5. The Kier molecular flexibility index (Phi) is 8.12. The molecule has 0 radical (unpaired) electrons. The molecule has 4 heteroatoms. The van der Waals surface area contributed by atoms with Gasteiger partial charge in [-0.1, -0.05) is 66.7 Å². The molecule has 4 rings (SSSR count). The number of esters is 1. The Hall–Kier alpha value is -4.57. The average molecular weight is 460 g/mol. The molecular weight excluding hydrogens is 434 g/mol. The predicted molar refractivity (Wildman–Crippen MR) is 140 cm³/mol. The topological polar surface area (TPSA) is 55.7 Å². The number of benzene rings is 4. The number of nitrogens with zero attached hydrogens (tertiary/aromatic N) is 1. The second kappa shape index (κ2) is 12.1. The van der Waals surface area contributed by atoms with Crippen molar-refractivity contribution >= 4 is 29.7 Å². The van der Waals surface area contributed by atoms with Gasteiger partial charge in [0, 0.05) is 18.2 Å². The van der Waals surface area contributed by atoms with E-state index in [4.69, 9.17) is 4.74 Å².